The van der Waals surface area contributed by atoms with Gasteiger partial charge in [-0.05, 0) is 54.2 Å². The Bertz CT molecular complexity index is 1160. The zero-order valence-electron chi connectivity index (χ0n) is 18.8. The van der Waals surface area contributed by atoms with Gasteiger partial charge in [0, 0.05) is 30.1 Å². The highest BCUT2D eigenvalue weighted by atomic mass is 19.4. The minimum atomic E-state index is -4.51. The number of hydrogen-bond acceptors (Lipinski definition) is 5. The standard InChI is InChI=1S/C24H26F3N5O/c1-14(9-21-30-28-13-31(21)3)15-10-19(23(2)7-8-23)29-20(11-15)32-12-17-16(22(32)33)5-4-6-18(17)24(25,26)27/h4-6,10-11,14,28H,7-9,12-13H2,1-3H3/t14-/m1/s1. The van der Waals surface area contributed by atoms with E-state index in [9.17, 15) is 18.0 Å². The van der Waals surface area contributed by atoms with Gasteiger partial charge in [-0.15, -0.1) is 0 Å². The number of aromatic nitrogens is 1. The summed E-state index contributed by atoms with van der Waals surface area (Å²) in [5, 5.41) is 4.34. The van der Waals surface area contributed by atoms with Gasteiger partial charge in [-0.25, -0.2) is 4.98 Å². The normalized spacial score (nSPS) is 19.9. The maximum atomic E-state index is 13.6. The van der Waals surface area contributed by atoms with Crippen LogP contribution in [0.1, 0.15) is 71.8 Å². The van der Waals surface area contributed by atoms with Gasteiger partial charge in [0.25, 0.3) is 5.91 Å². The predicted octanol–water partition coefficient (Wildman–Crippen LogP) is 4.61. The van der Waals surface area contributed by atoms with Crippen LogP contribution in [-0.2, 0) is 18.1 Å². The summed E-state index contributed by atoms with van der Waals surface area (Å²) in [5.41, 5.74) is 4.16. The molecule has 0 saturated heterocycles. The molecule has 1 aromatic carbocycles. The maximum absolute atomic E-state index is 13.6. The number of amides is 1. The molecular formula is C24H26F3N5O. The van der Waals surface area contributed by atoms with Crippen LogP contribution >= 0.6 is 0 Å². The van der Waals surface area contributed by atoms with E-state index in [1.165, 1.54) is 17.0 Å². The third-order valence-electron chi connectivity index (χ3n) is 7.02. The molecule has 174 valence electrons. The van der Waals surface area contributed by atoms with Crippen LogP contribution in [0.3, 0.4) is 0 Å². The van der Waals surface area contributed by atoms with Gasteiger partial charge in [0.05, 0.1) is 12.1 Å². The molecule has 6 nitrogen and oxygen atoms in total. The minimum absolute atomic E-state index is 0.0162. The Morgan fingerprint density at radius 1 is 1.24 bits per heavy atom. The number of pyridine rings is 1. The van der Waals surface area contributed by atoms with Gasteiger partial charge >= 0.3 is 6.18 Å². The van der Waals surface area contributed by atoms with Crippen molar-refractivity contribution in [3.63, 3.8) is 0 Å². The van der Waals surface area contributed by atoms with Gasteiger partial charge < -0.3 is 4.90 Å². The van der Waals surface area contributed by atoms with E-state index < -0.39 is 17.6 Å². The first kappa shape index (κ1) is 21.7. The molecule has 5 rings (SSSR count). The van der Waals surface area contributed by atoms with E-state index in [1.54, 1.807) is 0 Å². The fraction of sp³-hybridized carbons (Fsp3) is 0.458. The number of carbonyl (C=O) groups excluding carboxylic acids is 1. The quantitative estimate of drug-likeness (QED) is 0.712. The Morgan fingerprint density at radius 2 is 2.00 bits per heavy atom. The lowest BCUT2D eigenvalue weighted by atomic mass is 9.94. The summed E-state index contributed by atoms with van der Waals surface area (Å²) in [4.78, 5) is 21.3. The van der Waals surface area contributed by atoms with E-state index in [0.717, 1.165) is 36.0 Å². The number of amidine groups is 1. The second kappa shape index (κ2) is 7.46. The van der Waals surface area contributed by atoms with Gasteiger partial charge in [0.1, 0.15) is 18.3 Å². The van der Waals surface area contributed by atoms with Crippen LogP contribution in [0.15, 0.2) is 35.4 Å². The van der Waals surface area contributed by atoms with Crippen molar-refractivity contribution >= 4 is 17.6 Å². The SMILES string of the molecule is C[C@H](CC1=NNCN1C)c1cc(N2Cc3c(cccc3C(F)(F)F)C2=O)nc(C2(C)CC2)c1. The van der Waals surface area contributed by atoms with Crippen molar-refractivity contribution in [3.05, 3.63) is 58.3 Å². The van der Waals surface area contributed by atoms with Crippen molar-refractivity contribution in [1.29, 1.82) is 0 Å². The summed E-state index contributed by atoms with van der Waals surface area (Å²) in [6.07, 6.45) is -1.80. The number of hydrazone groups is 1. The second-order valence-corrected chi connectivity index (χ2v) is 9.57. The minimum Gasteiger partial charge on any atom is -0.343 e. The van der Waals surface area contributed by atoms with E-state index in [2.05, 4.69) is 30.4 Å². The largest absolute Gasteiger partial charge is 0.416 e. The third kappa shape index (κ3) is 3.83. The number of nitrogens with one attached hydrogen (secondary N) is 1. The summed E-state index contributed by atoms with van der Waals surface area (Å²) in [5.74, 6) is 1.01. The van der Waals surface area contributed by atoms with E-state index in [4.69, 9.17) is 4.98 Å². The van der Waals surface area contributed by atoms with Crippen LogP contribution in [0.4, 0.5) is 19.0 Å². The first-order chi connectivity index (χ1) is 15.6. The van der Waals surface area contributed by atoms with Gasteiger partial charge in [0.15, 0.2) is 0 Å². The van der Waals surface area contributed by atoms with Gasteiger partial charge in [0.2, 0.25) is 0 Å². The molecule has 0 bridgehead atoms. The Kier molecular flexibility index (Phi) is 4.91. The molecule has 0 radical (unpaired) electrons. The molecule has 2 aromatic rings. The van der Waals surface area contributed by atoms with Crippen LogP contribution in [0.5, 0.6) is 0 Å². The lowest BCUT2D eigenvalue weighted by Gasteiger charge is -2.22. The van der Waals surface area contributed by atoms with E-state index in [1.807, 2.05) is 18.0 Å². The number of carbonyl (C=O) groups is 1. The molecule has 1 aliphatic carbocycles. The Morgan fingerprint density at radius 3 is 2.64 bits per heavy atom. The highest BCUT2D eigenvalue weighted by Gasteiger charge is 2.43. The van der Waals surface area contributed by atoms with E-state index in [0.29, 0.717) is 18.9 Å². The van der Waals surface area contributed by atoms with Crippen LogP contribution in [0.2, 0.25) is 0 Å². The third-order valence-corrected chi connectivity index (χ3v) is 7.02. The molecule has 1 fully saturated rings. The zero-order chi connectivity index (χ0) is 23.5. The molecule has 0 spiro atoms. The van der Waals surface area contributed by atoms with Gasteiger partial charge in [-0.1, -0.05) is 19.9 Å². The molecule has 1 saturated carbocycles. The highest BCUT2D eigenvalue weighted by molar-refractivity contribution is 6.09. The molecule has 1 aromatic heterocycles. The molecule has 3 heterocycles. The molecule has 1 amide bonds. The monoisotopic (exact) mass is 457 g/mol. The average molecular weight is 458 g/mol. The molecule has 2 aliphatic heterocycles. The summed E-state index contributed by atoms with van der Waals surface area (Å²) in [6, 6.07) is 7.71. The molecule has 0 unspecified atom stereocenters. The van der Waals surface area contributed by atoms with E-state index >= 15 is 0 Å². The molecular weight excluding hydrogens is 431 g/mol. The number of fused-ring (bicyclic) bond motifs is 1. The summed E-state index contributed by atoms with van der Waals surface area (Å²) >= 11 is 0. The Balaban J connectivity index is 1.52. The fourth-order valence-corrected chi connectivity index (χ4v) is 4.50. The Hall–Kier alpha value is -3.10. The number of benzene rings is 1. The van der Waals surface area contributed by atoms with Gasteiger partial charge in [-0.3, -0.25) is 15.1 Å². The maximum Gasteiger partial charge on any atom is 0.416 e. The molecule has 33 heavy (non-hydrogen) atoms. The second-order valence-electron chi connectivity index (χ2n) is 9.57. The summed E-state index contributed by atoms with van der Waals surface area (Å²) < 4.78 is 40.7. The number of rotatable bonds is 5. The fourth-order valence-electron chi connectivity index (χ4n) is 4.50. The van der Waals surface area contributed by atoms with Crippen molar-refractivity contribution in [2.75, 3.05) is 18.6 Å². The van der Waals surface area contributed by atoms with Crippen molar-refractivity contribution in [2.24, 2.45) is 5.10 Å². The topological polar surface area (TPSA) is 60.8 Å². The number of nitrogens with zero attached hydrogens (tertiary/aromatic N) is 4. The number of hydrogen-bond donors (Lipinski definition) is 1. The molecule has 1 N–H and O–H groups in total. The number of alkyl halides is 3. The van der Waals surface area contributed by atoms with Crippen LogP contribution in [0, 0.1) is 0 Å². The van der Waals surface area contributed by atoms with Crippen molar-refractivity contribution < 1.29 is 18.0 Å². The molecule has 9 heteroatoms. The average Bonchev–Trinajstić information content (AvgIpc) is 3.26. The van der Waals surface area contributed by atoms with Crippen molar-refractivity contribution in [1.82, 2.24) is 15.3 Å². The van der Waals surface area contributed by atoms with Gasteiger partial charge in [-0.2, -0.15) is 18.3 Å². The van der Waals surface area contributed by atoms with Crippen LogP contribution in [-0.4, -0.2) is 35.3 Å². The summed E-state index contributed by atoms with van der Waals surface area (Å²) in [7, 11) is 1.97. The highest BCUT2D eigenvalue weighted by Crippen LogP contribution is 2.48. The molecule has 1 atom stereocenters. The van der Waals surface area contributed by atoms with E-state index in [-0.39, 0.29) is 29.0 Å². The van der Waals surface area contributed by atoms with Crippen molar-refractivity contribution in [3.8, 4) is 0 Å². The summed E-state index contributed by atoms with van der Waals surface area (Å²) in [6.45, 7) is 4.75. The number of anilines is 1. The first-order valence-corrected chi connectivity index (χ1v) is 11.1. The lowest BCUT2D eigenvalue weighted by Crippen LogP contribution is -2.26. The lowest BCUT2D eigenvalue weighted by molar-refractivity contribution is -0.138. The first-order valence-electron chi connectivity index (χ1n) is 11.1. The smallest absolute Gasteiger partial charge is 0.343 e. The van der Waals surface area contributed by atoms with Crippen LogP contribution in [0.25, 0.3) is 0 Å². The zero-order valence-corrected chi connectivity index (χ0v) is 18.8. The number of halogens is 3. The van der Waals surface area contributed by atoms with Crippen molar-refractivity contribution in [2.45, 2.75) is 57.2 Å². The predicted molar refractivity (Wildman–Crippen MR) is 119 cm³/mol. The van der Waals surface area contributed by atoms with Crippen LogP contribution < -0.4 is 10.3 Å². The molecule has 3 aliphatic rings. The Labute approximate surface area is 190 Å².